The highest BCUT2D eigenvalue weighted by Crippen LogP contribution is 2.29. The van der Waals surface area contributed by atoms with E-state index in [0.29, 0.717) is 0 Å². The van der Waals surface area contributed by atoms with Gasteiger partial charge in [-0.1, -0.05) is 115 Å². The first kappa shape index (κ1) is 22.2. The Bertz CT molecular complexity index is 292. The molecule has 0 unspecified atom stereocenters. The van der Waals surface area contributed by atoms with Gasteiger partial charge in [0.05, 0.1) is 8.07 Å². The summed E-state index contributed by atoms with van der Waals surface area (Å²) < 4.78 is 0. The summed E-state index contributed by atoms with van der Waals surface area (Å²) in [5, 5.41) is 1.65. The van der Waals surface area contributed by atoms with Crippen LogP contribution in [-0.4, -0.2) is 16.1 Å². The summed E-state index contributed by atoms with van der Waals surface area (Å²) >= 11 is 0. The molecule has 0 amide bonds. The second-order valence-electron chi connectivity index (χ2n) is 8.77. The lowest BCUT2D eigenvalue weighted by Crippen LogP contribution is -2.31. The van der Waals surface area contributed by atoms with Crippen molar-refractivity contribution in [2.75, 3.05) is 0 Å². The number of hydrogen-bond acceptors (Lipinski definition) is 0. The first-order chi connectivity index (χ1) is 10.2. The molecule has 22 heavy (non-hydrogen) atoms. The van der Waals surface area contributed by atoms with E-state index in [-0.39, 0.29) is 0 Å². The zero-order chi connectivity index (χ0) is 17.1. The number of hydrogen-bond donors (Lipinski definition) is 0. The summed E-state index contributed by atoms with van der Waals surface area (Å²) in [6.45, 7) is 19.4. The van der Waals surface area contributed by atoms with Crippen molar-refractivity contribution in [3.05, 3.63) is 11.8 Å². The van der Waals surface area contributed by atoms with E-state index in [4.69, 9.17) is 0 Å². The van der Waals surface area contributed by atoms with Crippen molar-refractivity contribution in [2.45, 2.75) is 116 Å². The zero-order valence-electron chi connectivity index (χ0n) is 16.7. The first-order valence-corrected chi connectivity index (χ1v) is 16.6. The maximum absolute atomic E-state index is 4.52. The van der Waals surface area contributed by atoms with Crippen LogP contribution in [0.15, 0.2) is 11.8 Å². The van der Waals surface area contributed by atoms with E-state index in [1.54, 1.807) is 5.20 Å². The summed E-state index contributed by atoms with van der Waals surface area (Å²) in [6.07, 6.45) is 12.7. The molecule has 0 rings (SSSR count). The van der Waals surface area contributed by atoms with E-state index in [1.165, 1.54) is 75.9 Å². The van der Waals surface area contributed by atoms with Gasteiger partial charge in [0, 0.05) is 8.07 Å². The molecule has 0 aromatic rings. The maximum Gasteiger partial charge on any atom is 0.0746 e. The van der Waals surface area contributed by atoms with Crippen LogP contribution in [-0.2, 0) is 0 Å². The van der Waals surface area contributed by atoms with E-state index in [0.717, 1.165) is 0 Å². The Morgan fingerprint density at radius 2 is 1.18 bits per heavy atom. The first-order valence-electron chi connectivity index (χ1n) is 9.93. The van der Waals surface area contributed by atoms with Gasteiger partial charge >= 0.3 is 0 Å². The number of allylic oxidation sites excluding steroid dienone is 1. The highest BCUT2D eigenvalue weighted by Gasteiger charge is 2.26. The van der Waals surface area contributed by atoms with Crippen LogP contribution in [0.25, 0.3) is 0 Å². The summed E-state index contributed by atoms with van der Waals surface area (Å²) in [5.41, 5.74) is 0. The van der Waals surface area contributed by atoms with Crippen molar-refractivity contribution in [2.24, 2.45) is 0 Å². The Hall–Kier alpha value is 0.174. The van der Waals surface area contributed by atoms with Crippen LogP contribution in [0.5, 0.6) is 0 Å². The Kier molecular flexibility index (Phi) is 11.8. The molecule has 0 nitrogen and oxygen atoms in total. The van der Waals surface area contributed by atoms with Crippen LogP contribution in [0.1, 0.15) is 71.6 Å². The SMILES string of the molecule is C=C(CC[Si](C)(C)CCCCCC)[Si](C)(C)CCCCCC. The number of unbranched alkanes of at least 4 members (excludes halogenated alkanes) is 6. The molecule has 0 radical (unpaired) electrons. The molecular formula is C20H44Si2. The van der Waals surface area contributed by atoms with Crippen molar-refractivity contribution < 1.29 is 0 Å². The van der Waals surface area contributed by atoms with E-state index in [2.05, 4.69) is 46.6 Å². The molecule has 0 aliphatic heterocycles. The topological polar surface area (TPSA) is 0 Å². The van der Waals surface area contributed by atoms with Gasteiger partial charge in [0.2, 0.25) is 0 Å². The molecule has 0 N–H and O–H groups in total. The summed E-state index contributed by atoms with van der Waals surface area (Å²) in [5.74, 6) is 0. The molecule has 0 heterocycles. The van der Waals surface area contributed by atoms with Gasteiger partial charge in [0.1, 0.15) is 0 Å². The quantitative estimate of drug-likeness (QED) is 0.221. The Morgan fingerprint density at radius 3 is 1.68 bits per heavy atom. The van der Waals surface area contributed by atoms with Crippen molar-refractivity contribution in [1.29, 1.82) is 0 Å². The normalized spacial score (nSPS) is 12.6. The van der Waals surface area contributed by atoms with E-state index in [9.17, 15) is 0 Å². The lowest BCUT2D eigenvalue weighted by Gasteiger charge is -2.29. The molecular weight excluding hydrogens is 296 g/mol. The Morgan fingerprint density at radius 1 is 0.682 bits per heavy atom. The fourth-order valence-electron chi connectivity index (χ4n) is 3.15. The van der Waals surface area contributed by atoms with Crippen molar-refractivity contribution in [3.8, 4) is 0 Å². The zero-order valence-corrected chi connectivity index (χ0v) is 18.7. The van der Waals surface area contributed by atoms with Gasteiger partial charge in [-0.2, -0.15) is 0 Å². The minimum Gasteiger partial charge on any atom is -0.104 e. The third-order valence-corrected chi connectivity index (χ3v) is 12.5. The largest absolute Gasteiger partial charge is 0.104 e. The molecule has 132 valence electrons. The van der Waals surface area contributed by atoms with Crippen LogP contribution in [0.2, 0.25) is 44.3 Å². The molecule has 0 aliphatic rings. The Balaban J connectivity index is 4.06. The average Bonchev–Trinajstić information content (AvgIpc) is 2.46. The molecule has 0 spiro atoms. The highest BCUT2D eigenvalue weighted by molar-refractivity contribution is 6.84. The fraction of sp³-hybridized carbons (Fsp3) is 0.900. The van der Waals surface area contributed by atoms with E-state index < -0.39 is 16.1 Å². The van der Waals surface area contributed by atoms with Gasteiger partial charge < -0.3 is 0 Å². The molecule has 0 atom stereocenters. The molecule has 0 saturated carbocycles. The van der Waals surface area contributed by atoms with Crippen molar-refractivity contribution in [1.82, 2.24) is 0 Å². The van der Waals surface area contributed by atoms with Gasteiger partial charge in [0.15, 0.2) is 0 Å². The molecule has 0 saturated heterocycles. The second kappa shape index (κ2) is 11.7. The fourth-order valence-corrected chi connectivity index (χ4v) is 8.13. The third kappa shape index (κ3) is 10.8. The van der Waals surface area contributed by atoms with E-state index >= 15 is 0 Å². The molecule has 0 aromatic heterocycles. The molecule has 2 heteroatoms. The van der Waals surface area contributed by atoms with Gasteiger partial charge in [-0.3, -0.25) is 0 Å². The molecule has 0 aromatic carbocycles. The molecule has 0 aliphatic carbocycles. The van der Waals surface area contributed by atoms with Gasteiger partial charge in [-0.15, -0.1) is 6.58 Å². The van der Waals surface area contributed by atoms with Crippen molar-refractivity contribution >= 4 is 16.1 Å². The lowest BCUT2D eigenvalue weighted by atomic mass is 10.2. The molecule has 0 bridgehead atoms. The van der Waals surface area contributed by atoms with E-state index in [1.807, 2.05) is 0 Å². The van der Waals surface area contributed by atoms with Crippen molar-refractivity contribution in [3.63, 3.8) is 0 Å². The average molecular weight is 341 g/mol. The monoisotopic (exact) mass is 340 g/mol. The van der Waals surface area contributed by atoms with Crippen LogP contribution in [0.3, 0.4) is 0 Å². The summed E-state index contributed by atoms with van der Waals surface area (Å²) in [6, 6.07) is 4.46. The maximum atomic E-state index is 4.52. The minimum atomic E-state index is -1.17. The summed E-state index contributed by atoms with van der Waals surface area (Å²) in [4.78, 5) is 0. The van der Waals surface area contributed by atoms with Gasteiger partial charge in [-0.05, 0) is 6.42 Å². The van der Waals surface area contributed by atoms with Crippen LogP contribution >= 0.6 is 0 Å². The summed E-state index contributed by atoms with van der Waals surface area (Å²) in [7, 11) is -2.15. The second-order valence-corrected chi connectivity index (χ2v) is 19.1. The number of rotatable bonds is 14. The third-order valence-electron chi connectivity index (χ3n) is 5.42. The predicted octanol–water partition coefficient (Wildman–Crippen LogP) is 8.05. The Labute approximate surface area is 144 Å². The standard InChI is InChI=1S/C20H44Si2/c1-8-10-12-14-17-21(4,5)19-16-20(3)22(6,7)18-15-13-11-9-2/h3,8-19H2,1-2,4-7H3. The van der Waals surface area contributed by atoms with Crippen LogP contribution in [0.4, 0.5) is 0 Å². The highest BCUT2D eigenvalue weighted by atomic mass is 28.3. The lowest BCUT2D eigenvalue weighted by molar-refractivity contribution is 0.695. The minimum absolute atomic E-state index is 0.977. The van der Waals surface area contributed by atoms with Crippen LogP contribution in [0, 0.1) is 0 Å². The van der Waals surface area contributed by atoms with Crippen LogP contribution < -0.4 is 0 Å². The molecule has 0 fully saturated rings. The van der Waals surface area contributed by atoms with Gasteiger partial charge in [0.25, 0.3) is 0 Å². The smallest absolute Gasteiger partial charge is 0.0746 e. The predicted molar refractivity (Wildman–Crippen MR) is 111 cm³/mol. The van der Waals surface area contributed by atoms with Gasteiger partial charge in [-0.25, -0.2) is 0 Å².